The first kappa shape index (κ1) is 14.3. The summed E-state index contributed by atoms with van der Waals surface area (Å²) in [6, 6.07) is 0. The van der Waals surface area contributed by atoms with E-state index >= 15 is 0 Å². The van der Waals surface area contributed by atoms with Crippen LogP contribution in [0.3, 0.4) is 0 Å². The van der Waals surface area contributed by atoms with Crippen LogP contribution >= 0.6 is 15.9 Å². The van der Waals surface area contributed by atoms with Gasteiger partial charge in [0.2, 0.25) is 0 Å². The van der Waals surface area contributed by atoms with Gasteiger partial charge in [-0.25, -0.2) is 9.97 Å². The van der Waals surface area contributed by atoms with Crippen molar-refractivity contribution in [1.82, 2.24) is 9.97 Å². The lowest BCUT2D eigenvalue weighted by Crippen LogP contribution is -2.07. The summed E-state index contributed by atoms with van der Waals surface area (Å²) in [4.78, 5) is 8.89. The molecule has 96 valence electrons. The first-order chi connectivity index (χ1) is 8.22. The van der Waals surface area contributed by atoms with E-state index in [2.05, 4.69) is 31.2 Å². The smallest absolute Gasteiger partial charge is 0.144 e. The Kier molecular flexibility index (Phi) is 6.39. The van der Waals surface area contributed by atoms with Crippen molar-refractivity contribution >= 4 is 21.7 Å². The number of aryl methyl sites for hydroxylation is 1. The van der Waals surface area contributed by atoms with Gasteiger partial charge in [0.1, 0.15) is 11.6 Å². The van der Waals surface area contributed by atoms with Crippen molar-refractivity contribution in [3.8, 4) is 0 Å². The van der Waals surface area contributed by atoms with Crippen LogP contribution in [0.5, 0.6) is 0 Å². The molecule has 5 nitrogen and oxygen atoms in total. The molecule has 1 heterocycles. The van der Waals surface area contributed by atoms with Crippen molar-refractivity contribution in [3.05, 3.63) is 16.0 Å². The number of hydrogen-bond acceptors (Lipinski definition) is 5. The Morgan fingerprint density at radius 1 is 1.24 bits per heavy atom. The Morgan fingerprint density at radius 3 is 2.59 bits per heavy atom. The van der Waals surface area contributed by atoms with E-state index in [4.69, 9.17) is 9.47 Å². The van der Waals surface area contributed by atoms with Crippen molar-refractivity contribution in [2.45, 2.75) is 19.4 Å². The van der Waals surface area contributed by atoms with Gasteiger partial charge in [-0.05, 0) is 22.4 Å². The summed E-state index contributed by atoms with van der Waals surface area (Å²) >= 11 is 3.47. The largest absolute Gasteiger partial charge is 0.385 e. The van der Waals surface area contributed by atoms with E-state index in [1.54, 1.807) is 14.2 Å². The maximum absolute atomic E-state index is 5.12. The minimum absolute atomic E-state index is 0.467. The monoisotopic (exact) mass is 303 g/mol. The molecule has 1 rings (SSSR count). The number of aromatic nitrogens is 2. The Morgan fingerprint density at radius 2 is 2.00 bits per heavy atom. The molecule has 0 bridgehead atoms. The molecule has 0 aliphatic carbocycles. The second-order valence-corrected chi connectivity index (χ2v) is 4.32. The molecule has 0 aromatic carbocycles. The van der Waals surface area contributed by atoms with E-state index in [0.29, 0.717) is 13.2 Å². The van der Waals surface area contributed by atoms with Gasteiger partial charge in [0, 0.05) is 34.3 Å². The zero-order chi connectivity index (χ0) is 12.7. The quantitative estimate of drug-likeness (QED) is 0.781. The van der Waals surface area contributed by atoms with Gasteiger partial charge in [0.15, 0.2) is 0 Å². The normalized spacial score (nSPS) is 10.6. The molecule has 0 saturated heterocycles. The fraction of sp³-hybridized carbons (Fsp3) is 0.636. The lowest BCUT2D eigenvalue weighted by Gasteiger charge is -2.10. The van der Waals surface area contributed by atoms with Crippen molar-refractivity contribution in [3.63, 3.8) is 0 Å². The zero-order valence-corrected chi connectivity index (χ0v) is 12.0. The van der Waals surface area contributed by atoms with Crippen LogP contribution in [0.1, 0.15) is 17.9 Å². The van der Waals surface area contributed by atoms with Crippen LogP contribution < -0.4 is 5.32 Å². The van der Waals surface area contributed by atoms with Gasteiger partial charge in [0.05, 0.1) is 16.8 Å². The van der Waals surface area contributed by atoms with Gasteiger partial charge in [0.25, 0.3) is 0 Å². The highest BCUT2D eigenvalue weighted by Crippen LogP contribution is 2.24. The van der Waals surface area contributed by atoms with Crippen LogP contribution in [-0.2, 0) is 22.5 Å². The average molecular weight is 304 g/mol. The van der Waals surface area contributed by atoms with Crippen LogP contribution in [0.25, 0.3) is 0 Å². The molecule has 17 heavy (non-hydrogen) atoms. The summed E-state index contributed by atoms with van der Waals surface area (Å²) in [5, 5.41) is 3.04. The third-order valence-corrected chi connectivity index (χ3v) is 3.07. The molecule has 0 spiro atoms. The lowest BCUT2D eigenvalue weighted by atomic mass is 10.3. The molecule has 0 aliphatic heterocycles. The van der Waals surface area contributed by atoms with Crippen LogP contribution in [0, 0.1) is 0 Å². The highest BCUT2D eigenvalue weighted by molar-refractivity contribution is 9.10. The fourth-order valence-corrected chi connectivity index (χ4v) is 1.92. The molecule has 0 amide bonds. The molecule has 0 atom stereocenters. The molecule has 0 unspecified atom stereocenters. The molecule has 0 saturated carbocycles. The van der Waals surface area contributed by atoms with E-state index in [9.17, 15) is 0 Å². The highest BCUT2D eigenvalue weighted by atomic mass is 79.9. The van der Waals surface area contributed by atoms with Crippen LogP contribution in [0.2, 0.25) is 0 Å². The number of nitrogens with zero attached hydrogens (tertiary/aromatic N) is 2. The summed E-state index contributed by atoms with van der Waals surface area (Å²) in [5.74, 6) is 1.60. The van der Waals surface area contributed by atoms with Crippen molar-refractivity contribution in [2.75, 3.05) is 33.2 Å². The number of methoxy groups -OCH3 is 2. The average Bonchev–Trinajstić information content (AvgIpc) is 2.33. The Hall–Kier alpha value is -0.720. The van der Waals surface area contributed by atoms with Crippen molar-refractivity contribution in [2.24, 2.45) is 0 Å². The molecular formula is C11H18BrN3O2. The maximum Gasteiger partial charge on any atom is 0.144 e. The predicted molar refractivity (Wildman–Crippen MR) is 70.2 cm³/mol. The molecular weight excluding hydrogens is 286 g/mol. The lowest BCUT2D eigenvalue weighted by molar-refractivity contribution is 0.180. The molecule has 0 fully saturated rings. The molecule has 1 aromatic rings. The van der Waals surface area contributed by atoms with E-state index < -0.39 is 0 Å². The predicted octanol–water partition coefficient (Wildman–Crippen LogP) is 2.01. The van der Waals surface area contributed by atoms with Gasteiger partial charge in [-0.2, -0.15) is 0 Å². The van der Waals surface area contributed by atoms with E-state index in [1.807, 2.05) is 7.05 Å². The van der Waals surface area contributed by atoms with Crippen LogP contribution in [-0.4, -0.2) is 37.8 Å². The standard InChI is InChI=1S/C11H18BrN3O2/c1-13-11-10(12)8(7-17-3)14-9(15-11)5-4-6-16-2/h4-7H2,1-3H3,(H,13,14,15). The van der Waals surface area contributed by atoms with Crippen LogP contribution in [0.15, 0.2) is 4.47 Å². The first-order valence-electron chi connectivity index (χ1n) is 5.43. The third-order valence-electron chi connectivity index (χ3n) is 2.23. The minimum atomic E-state index is 0.467. The minimum Gasteiger partial charge on any atom is -0.385 e. The number of ether oxygens (including phenoxy) is 2. The zero-order valence-electron chi connectivity index (χ0n) is 10.4. The summed E-state index contributed by atoms with van der Waals surface area (Å²) in [7, 11) is 5.18. The molecule has 1 aromatic heterocycles. The van der Waals surface area contributed by atoms with E-state index in [1.165, 1.54) is 0 Å². The van der Waals surface area contributed by atoms with Crippen molar-refractivity contribution < 1.29 is 9.47 Å². The summed E-state index contributed by atoms with van der Waals surface area (Å²) in [5.41, 5.74) is 0.860. The maximum atomic E-state index is 5.12. The molecule has 6 heteroatoms. The summed E-state index contributed by atoms with van der Waals surface area (Å²) in [6.45, 7) is 1.18. The van der Waals surface area contributed by atoms with Crippen LogP contribution in [0.4, 0.5) is 5.82 Å². The molecule has 1 N–H and O–H groups in total. The number of rotatable bonds is 7. The van der Waals surface area contributed by atoms with Gasteiger partial charge >= 0.3 is 0 Å². The topological polar surface area (TPSA) is 56.3 Å². The SMILES string of the molecule is CNc1nc(CCCOC)nc(COC)c1Br. The second kappa shape index (κ2) is 7.58. The number of halogens is 1. The van der Waals surface area contributed by atoms with Crippen molar-refractivity contribution in [1.29, 1.82) is 0 Å². The molecule has 0 radical (unpaired) electrons. The summed E-state index contributed by atoms with van der Waals surface area (Å²) < 4.78 is 11.0. The number of nitrogens with one attached hydrogen (secondary N) is 1. The third kappa shape index (κ3) is 4.22. The van der Waals surface area contributed by atoms with E-state index in [-0.39, 0.29) is 0 Å². The Bertz CT molecular complexity index is 361. The Labute approximate surface area is 110 Å². The van der Waals surface area contributed by atoms with E-state index in [0.717, 1.165) is 34.7 Å². The number of anilines is 1. The molecule has 0 aliphatic rings. The van der Waals surface area contributed by atoms with Gasteiger partial charge in [-0.15, -0.1) is 0 Å². The highest BCUT2D eigenvalue weighted by Gasteiger charge is 2.10. The van der Waals surface area contributed by atoms with Gasteiger partial charge in [-0.3, -0.25) is 0 Å². The summed E-state index contributed by atoms with van der Waals surface area (Å²) in [6.07, 6.45) is 1.71. The van der Waals surface area contributed by atoms with Gasteiger partial charge < -0.3 is 14.8 Å². The Balaban J connectivity index is 2.86. The number of hydrogen-bond donors (Lipinski definition) is 1. The second-order valence-electron chi connectivity index (χ2n) is 3.53. The first-order valence-corrected chi connectivity index (χ1v) is 6.23. The van der Waals surface area contributed by atoms with Gasteiger partial charge in [-0.1, -0.05) is 0 Å². The fourth-order valence-electron chi connectivity index (χ4n) is 1.43.